The molecule has 6 nitrogen and oxygen atoms in total. The van der Waals surface area contributed by atoms with Gasteiger partial charge in [-0.25, -0.2) is 0 Å². The van der Waals surface area contributed by atoms with Crippen LogP contribution in [0.5, 0.6) is 0 Å². The number of hydrogen-bond acceptors (Lipinski definition) is 5. The van der Waals surface area contributed by atoms with Gasteiger partial charge in [0, 0.05) is 5.56 Å². The summed E-state index contributed by atoms with van der Waals surface area (Å²) in [7, 11) is 0. The smallest absolute Gasteiger partial charge is 0.230 e. The molecule has 0 spiro atoms. The van der Waals surface area contributed by atoms with Crippen molar-refractivity contribution < 1.29 is 9.21 Å². The van der Waals surface area contributed by atoms with Crippen molar-refractivity contribution in [3.05, 3.63) is 88.9 Å². The molecule has 1 amide bonds. The number of aromatic nitrogens is 3. The topological polar surface area (TPSA) is 73.0 Å². The molecule has 0 fully saturated rings. The molecular weight excluding hydrogens is 432 g/mol. The van der Waals surface area contributed by atoms with E-state index in [4.69, 9.17) is 4.42 Å². The minimum Gasteiger partial charge on any atom is -0.467 e. The first-order valence-electron chi connectivity index (χ1n) is 10.9. The second kappa shape index (κ2) is 10.1. The van der Waals surface area contributed by atoms with Gasteiger partial charge in [-0.2, -0.15) is 0 Å². The summed E-state index contributed by atoms with van der Waals surface area (Å²) in [6.07, 6.45) is 1.65. The minimum atomic E-state index is -0.0683. The van der Waals surface area contributed by atoms with Gasteiger partial charge < -0.3 is 9.73 Å². The van der Waals surface area contributed by atoms with E-state index in [0.717, 1.165) is 28.3 Å². The number of aryl methyl sites for hydroxylation is 3. The Morgan fingerprint density at radius 3 is 2.64 bits per heavy atom. The molecule has 1 atom stereocenters. The van der Waals surface area contributed by atoms with Crippen LogP contribution >= 0.6 is 11.8 Å². The average Bonchev–Trinajstić information content (AvgIpc) is 3.44. The Kier molecular flexibility index (Phi) is 6.99. The number of carbonyl (C=O) groups excluding carboxylic acids is 1. The highest BCUT2D eigenvalue weighted by Gasteiger charge is 2.18. The number of furan rings is 1. The molecule has 0 saturated carbocycles. The molecule has 170 valence electrons. The third-order valence-corrected chi connectivity index (χ3v) is 6.59. The molecule has 7 heteroatoms. The molecule has 33 heavy (non-hydrogen) atoms. The molecule has 2 aromatic carbocycles. The van der Waals surface area contributed by atoms with E-state index in [0.29, 0.717) is 11.7 Å². The molecule has 0 bridgehead atoms. The SMILES string of the molecule is Cc1cccc(-c2nnc(SCC(=O)N[C@H](C)c3ccc(C)c(C)c3)n2Cc2ccco2)c1. The lowest BCUT2D eigenvalue weighted by Gasteiger charge is -2.16. The Balaban J connectivity index is 1.49. The molecule has 1 N–H and O–H groups in total. The van der Waals surface area contributed by atoms with E-state index >= 15 is 0 Å². The fourth-order valence-electron chi connectivity index (χ4n) is 3.62. The number of benzene rings is 2. The van der Waals surface area contributed by atoms with Gasteiger partial charge in [0.2, 0.25) is 5.91 Å². The molecule has 4 aromatic rings. The van der Waals surface area contributed by atoms with Crippen molar-refractivity contribution in [3.63, 3.8) is 0 Å². The van der Waals surface area contributed by atoms with Crippen molar-refractivity contribution in [3.8, 4) is 11.4 Å². The quantitative estimate of drug-likeness (QED) is 0.353. The van der Waals surface area contributed by atoms with Crippen molar-refractivity contribution in [1.29, 1.82) is 0 Å². The summed E-state index contributed by atoms with van der Waals surface area (Å²) in [5.41, 5.74) is 5.69. The van der Waals surface area contributed by atoms with Gasteiger partial charge in [0.05, 0.1) is 24.6 Å². The van der Waals surface area contributed by atoms with E-state index in [9.17, 15) is 4.79 Å². The van der Waals surface area contributed by atoms with Crippen LogP contribution in [-0.2, 0) is 11.3 Å². The standard InChI is InChI=1S/C26H28N4O2S/c1-17-7-5-8-22(13-17)25-28-29-26(30(25)15-23-9-6-12-32-23)33-16-24(31)27-20(4)21-11-10-18(2)19(3)14-21/h5-14,20H,15-16H2,1-4H3,(H,27,31)/t20-/m1/s1. The molecule has 4 rings (SSSR count). The van der Waals surface area contributed by atoms with Crippen molar-refractivity contribution in [1.82, 2.24) is 20.1 Å². The fourth-order valence-corrected chi connectivity index (χ4v) is 4.37. The van der Waals surface area contributed by atoms with Crippen LogP contribution in [0.15, 0.2) is 70.4 Å². The van der Waals surface area contributed by atoms with Crippen molar-refractivity contribution >= 4 is 17.7 Å². The maximum atomic E-state index is 12.7. The van der Waals surface area contributed by atoms with Gasteiger partial charge >= 0.3 is 0 Å². The summed E-state index contributed by atoms with van der Waals surface area (Å²) in [4.78, 5) is 12.7. The molecule has 0 aliphatic rings. The van der Waals surface area contributed by atoms with Crippen LogP contribution in [0.1, 0.15) is 41.0 Å². The van der Waals surface area contributed by atoms with Crippen LogP contribution in [0.3, 0.4) is 0 Å². The molecule has 2 heterocycles. The normalized spacial score (nSPS) is 12.0. The van der Waals surface area contributed by atoms with Crippen LogP contribution in [0, 0.1) is 20.8 Å². The number of nitrogens with zero attached hydrogens (tertiary/aromatic N) is 3. The highest BCUT2D eigenvalue weighted by atomic mass is 32.2. The van der Waals surface area contributed by atoms with Gasteiger partial charge in [-0.1, -0.05) is 53.7 Å². The lowest BCUT2D eigenvalue weighted by atomic mass is 10.0. The molecule has 2 aromatic heterocycles. The number of amides is 1. The van der Waals surface area contributed by atoms with E-state index in [1.54, 1.807) is 6.26 Å². The molecular formula is C26H28N4O2S. The third kappa shape index (κ3) is 5.54. The second-order valence-corrected chi connectivity index (χ2v) is 9.21. The first kappa shape index (κ1) is 22.9. The zero-order valence-electron chi connectivity index (χ0n) is 19.3. The van der Waals surface area contributed by atoms with E-state index in [1.165, 1.54) is 22.9 Å². The molecule has 0 aliphatic heterocycles. The van der Waals surface area contributed by atoms with Crippen LogP contribution in [-0.4, -0.2) is 26.4 Å². The summed E-state index contributed by atoms with van der Waals surface area (Å²) in [5.74, 6) is 1.76. The average molecular weight is 461 g/mol. The Hall–Kier alpha value is -3.32. The van der Waals surface area contributed by atoms with Gasteiger partial charge in [-0.3, -0.25) is 9.36 Å². The summed E-state index contributed by atoms with van der Waals surface area (Å²) >= 11 is 1.38. The zero-order chi connectivity index (χ0) is 23.4. The number of nitrogens with one attached hydrogen (secondary N) is 1. The van der Waals surface area contributed by atoms with Crippen molar-refractivity contribution in [2.75, 3.05) is 5.75 Å². The van der Waals surface area contributed by atoms with Crippen molar-refractivity contribution in [2.24, 2.45) is 0 Å². The monoisotopic (exact) mass is 460 g/mol. The first-order chi connectivity index (χ1) is 15.9. The Morgan fingerprint density at radius 1 is 1.06 bits per heavy atom. The van der Waals surface area contributed by atoms with Gasteiger partial charge in [-0.15, -0.1) is 10.2 Å². The predicted octanol–water partition coefficient (Wildman–Crippen LogP) is 5.48. The molecule has 0 saturated heterocycles. The zero-order valence-corrected chi connectivity index (χ0v) is 20.1. The van der Waals surface area contributed by atoms with E-state index < -0.39 is 0 Å². The van der Waals surface area contributed by atoms with E-state index in [1.807, 2.05) is 48.7 Å². The molecule has 0 radical (unpaired) electrons. The van der Waals surface area contributed by atoms with E-state index in [2.05, 4.69) is 53.6 Å². The van der Waals surface area contributed by atoms with Gasteiger partial charge in [0.15, 0.2) is 11.0 Å². The first-order valence-corrected chi connectivity index (χ1v) is 11.9. The maximum Gasteiger partial charge on any atom is 0.230 e. The van der Waals surface area contributed by atoms with Crippen LogP contribution < -0.4 is 5.32 Å². The third-order valence-electron chi connectivity index (χ3n) is 5.63. The van der Waals surface area contributed by atoms with Gasteiger partial charge in [0.25, 0.3) is 0 Å². The lowest BCUT2D eigenvalue weighted by molar-refractivity contribution is -0.119. The second-order valence-electron chi connectivity index (χ2n) is 8.26. The molecule has 0 unspecified atom stereocenters. The summed E-state index contributed by atoms with van der Waals surface area (Å²) in [5, 5.41) is 12.6. The fraction of sp³-hybridized carbons (Fsp3) is 0.269. The summed E-state index contributed by atoms with van der Waals surface area (Å²) < 4.78 is 7.56. The highest BCUT2D eigenvalue weighted by molar-refractivity contribution is 7.99. The van der Waals surface area contributed by atoms with Gasteiger partial charge in [0.1, 0.15) is 5.76 Å². The highest BCUT2D eigenvalue weighted by Crippen LogP contribution is 2.26. The van der Waals surface area contributed by atoms with Crippen molar-refractivity contribution in [2.45, 2.75) is 45.4 Å². The minimum absolute atomic E-state index is 0.0459. The molecule has 0 aliphatic carbocycles. The van der Waals surface area contributed by atoms with Crippen LogP contribution in [0.2, 0.25) is 0 Å². The number of hydrogen-bond donors (Lipinski definition) is 1. The van der Waals surface area contributed by atoms with Gasteiger partial charge in [-0.05, 0) is 62.6 Å². The van der Waals surface area contributed by atoms with E-state index in [-0.39, 0.29) is 17.7 Å². The predicted molar refractivity (Wildman–Crippen MR) is 131 cm³/mol. The van der Waals surface area contributed by atoms with Crippen LogP contribution in [0.25, 0.3) is 11.4 Å². The number of thioether (sulfide) groups is 1. The Labute approximate surface area is 198 Å². The lowest BCUT2D eigenvalue weighted by Crippen LogP contribution is -2.28. The largest absolute Gasteiger partial charge is 0.467 e. The Morgan fingerprint density at radius 2 is 1.91 bits per heavy atom. The maximum absolute atomic E-state index is 12.7. The Bertz CT molecular complexity index is 1250. The summed E-state index contributed by atoms with van der Waals surface area (Å²) in [6.45, 7) is 8.71. The number of carbonyl (C=O) groups is 1. The van der Waals surface area contributed by atoms with Crippen LogP contribution in [0.4, 0.5) is 0 Å². The number of rotatable bonds is 8. The summed E-state index contributed by atoms with van der Waals surface area (Å²) in [6, 6.07) is 18.1.